The number of likely N-dealkylation sites (tertiary alicyclic amines) is 2. The number of nitrogens with zero attached hydrogens (tertiary/aromatic N) is 2. The van der Waals surface area contributed by atoms with Gasteiger partial charge in [0.1, 0.15) is 12.0 Å². The molecule has 2 aromatic carbocycles. The number of carbonyl (C=O) groups is 2. The van der Waals surface area contributed by atoms with E-state index in [2.05, 4.69) is 10.2 Å². The van der Waals surface area contributed by atoms with Crippen molar-refractivity contribution in [1.29, 1.82) is 0 Å². The van der Waals surface area contributed by atoms with Crippen molar-refractivity contribution < 1.29 is 19.8 Å². The molecule has 176 valence electrons. The average Bonchev–Trinajstić information content (AvgIpc) is 3.21. The average molecular weight is 492 g/mol. The van der Waals surface area contributed by atoms with Gasteiger partial charge < -0.3 is 20.4 Å². The highest BCUT2D eigenvalue weighted by Crippen LogP contribution is 2.35. The molecule has 0 aliphatic carbocycles. The second-order valence-corrected chi connectivity index (χ2v) is 9.35. The lowest BCUT2D eigenvalue weighted by Crippen LogP contribution is -2.50. The molecule has 2 amide bonds. The first-order chi connectivity index (χ1) is 15.8. The molecule has 2 aromatic rings. The Kier molecular flexibility index (Phi) is 7.44. The van der Waals surface area contributed by atoms with E-state index in [-0.39, 0.29) is 29.4 Å². The summed E-state index contributed by atoms with van der Waals surface area (Å²) in [7, 11) is 0. The summed E-state index contributed by atoms with van der Waals surface area (Å²) in [5.41, 5.74) is 1.28. The lowest BCUT2D eigenvalue weighted by atomic mass is 9.88. The second-order valence-electron chi connectivity index (χ2n) is 8.54. The molecule has 0 spiro atoms. The van der Waals surface area contributed by atoms with Gasteiger partial charge in [-0.05, 0) is 68.1 Å². The van der Waals surface area contributed by atoms with Crippen LogP contribution < -0.4 is 5.32 Å². The van der Waals surface area contributed by atoms with Gasteiger partial charge in [0.05, 0.1) is 22.6 Å². The third kappa shape index (κ3) is 5.27. The maximum Gasteiger partial charge on any atom is 0.251 e. The van der Waals surface area contributed by atoms with Crippen molar-refractivity contribution in [3.05, 3.63) is 63.6 Å². The van der Waals surface area contributed by atoms with Crippen LogP contribution in [0.5, 0.6) is 5.75 Å². The molecule has 2 atom stereocenters. The molecule has 0 aromatic heterocycles. The summed E-state index contributed by atoms with van der Waals surface area (Å²) in [6, 6.07) is 11.8. The highest BCUT2D eigenvalue weighted by Gasteiger charge is 2.40. The largest absolute Gasteiger partial charge is 0.508 e. The number of aliphatic hydroxyl groups excluding tert-OH is 1. The minimum atomic E-state index is -0.916. The molecule has 4 rings (SSSR count). The lowest BCUT2D eigenvalue weighted by Gasteiger charge is -2.38. The molecule has 0 radical (unpaired) electrons. The zero-order valence-electron chi connectivity index (χ0n) is 18.1. The van der Waals surface area contributed by atoms with Crippen LogP contribution in [0.4, 0.5) is 0 Å². The molecule has 9 heteroatoms. The van der Waals surface area contributed by atoms with Crippen LogP contribution in [0, 0.1) is 0 Å². The molecule has 2 aliphatic heterocycles. The number of aromatic hydroxyl groups is 1. The Morgan fingerprint density at radius 3 is 2.42 bits per heavy atom. The summed E-state index contributed by atoms with van der Waals surface area (Å²) in [5, 5.41) is 24.1. The van der Waals surface area contributed by atoms with Gasteiger partial charge in [-0.25, -0.2) is 0 Å². The number of hydrogen-bond donors (Lipinski definition) is 3. The van der Waals surface area contributed by atoms with Crippen LogP contribution in [0.25, 0.3) is 0 Å². The maximum atomic E-state index is 12.7. The minimum absolute atomic E-state index is 0.134. The summed E-state index contributed by atoms with van der Waals surface area (Å²) in [6.07, 6.45) is 1.53. The number of halogens is 2. The highest BCUT2D eigenvalue weighted by atomic mass is 35.5. The molecule has 7 nitrogen and oxygen atoms in total. The van der Waals surface area contributed by atoms with E-state index in [1.165, 1.54) is 23.1 Å². The fraction of sp³-hybridized carbons (Fsp3) is 0.417. The van der Waals surface area contributed by atoms with E-state index in [9.17, 15) is 19.8 Å². The van der Waals surface area contributed by atoms with E-state index in [1.54, 1.807) is 6.07 Å². The number of aliphatic hydroxyl groups is 1. The zero-order chi connectivity index (χ0) is 23.5. The molecule has 0 unspecified atom stereocenters. The van der Waals surface area contributed by atoms with Crippen LogP contribution >= 0.6 is 23.2 Å². The standard InChI is InChI=1S/C24H27Cl2N3O4/c25-18-6-5-16(13-19(18)26)23(32)27-14-22(31)29-12-9-20(24(29)33)28-10-7-15(8-11-28)17-3-1-2-4-21(17)30/h1-6,13,15,20,24,30,33H,7-12,14H2,(H,27,32)/t20-,24+/m1/s1. The molecule has 0 saturated carbocycles. The first kappa shape index (κ1) is 23.8. The molecule has 2 saturated heterocycles. The number of phenols is 1. The van der Waals surface area contributed by atoms with Gasteiger partial charge in [0.2, 0.25) is 5.91 Å². The van der Waals surface area contributed by atoms with Gasteiger partial charge in [-0.3, -0.25) is 14.5 Å². The van der Waals surface area contributed by atoms with E-state index in [0.717, 1.165) is 31.5 Å². The van der Waals surface area contributed by atoms with Gasteiger partial charge >= 0.3 is 0 Å². The lowest BCUT2D eigenvalue weighted by molar-refractivity contribution is -0.139. The van der Waals surface area contributed by atoms with Gasteiger partial charge in [-0.2, -0.15) is 0 Å². The topological polar surface area (TPSA) is 93.1 Å². The number of amides is 2. The van der Waals surface area contributed by atoms with E-state index in [4.69, 9.17) is 23.2 Å². The zero-order valence-corrected chi connectivity index (χ0v) is 19.6. The van der Waals surface area contributed by atoms with Crippen molar-refractivity contribution in [2.75, 3.05) is 26.2 Å². The van der Waals surface area contributed by atoms with E-state index < -0.39 is 12.1 Å². The number of carbonyl (C=O) groups excluding carboxylic acids is 2. The summed E-state index contributed by atoms with van der Waals surface area (Å²) in [5.74, 6) is -0.146. The van der Waals surface area contributed by atoms with Gasteiger partial charge in [0.15, 0.2) is 0 Å². The Morgan fingerprint density at radius 2 is 1.73 bits per heavy atom. The summed E-state index contributed by atoms with van der Waals surface area (Å²) < 4.78 is 0. The minimum Gasteiger partial charge on any atom is -0.508 e. The van der Waals surface area contributed by atoms with Crippen LogP contribution in [-0.4, -0.2) is 70.3 Å². The predicted molar refractivity (Wildman–Crippen MR) is 127 cm³/mol. The Bertz CT molecular complexity index is 1030. The molecule has 2 heterocycles. The van der Waals surface area contributed by atoms with E-state index >= 15 is 0 Å². The Labute approximate surface area is 202 Å². The number of hydrogen-bond acceptors (Lipinski definition) is 5. The third-order valence-electron chi connectivity index (χ3n) is 6.61. The quantitative estimate of drug-likeness (QED) is 0.596. The molecular weight excluding hydrogens is 465 g/mol. The molecule has 3 N–H and O–H groups in total. The molecule has 0 bridgehead atoms. The van der Waals surface area contributed by atoms with E-state index in [1.807, 2.05) is 18.2 Å². The van der Waals surface area contributed by atoms with Crippen molar-refractivity contribution in [2.45, 2.75) is 37.5 Å². The summed E-state index contributed by atoms with van der Waals surface area (Å²) >= 11 is 11.8. The number of benzene rings is 2. The van der Waals surface area contributed by atoms with Crippen molar-refractivity contribution in [3.63, 3.8) is 0 Å². The van der Waals surface area contributed by atoms with Crippen molar-refractivity contribution >= 4 is 35.0 Å². The van der Waals surface area contributed by atoms with Crippen LogP contribution in [0.1, 0.15) is 41.1 Å². The Balaban J connectivity index is 1.28. The number of rotatable bonds is 5. The number of phenolic OH excluding ortho intramolecular Hbond substituents is 1. The fourth-order valence-electron chi connectivity index (χ4n) is 4.78. The third-order valence-corrected chi connectivity index (χ3v) is 7.35. The summed E-state index contributed by atoms with van der Waals surface area (Å²) in [4.78, 5) is 28.6. The van der Waals surface area contributed by atoms with Crippen molar-refractivity contribution in [2.24, 2.45) is 0 Å². The van der Waals surface area contributed by atoms with Gasteiger partial charge in [0.25, 0.3) is 5.91 Å². The van der Waals surface area contributed by atoms with Crippen molar-refractivity contribution in [3.8, 4) is 5.75 Å². The second kappa shape index (κ2) is 10.3. The normalized spacial score (nSPS) is 21.8. The number of nitrogens with one attached hydrogen (secondary N) is 1. The SMILES string of the molecule is O=C(NCC(=O)N1CC[C@@H](N2CCC(c3ccccc3O)CC2)[C@@H]1O)c1ccc(Cl)c(Cl)c1. The van der Waals surface area contributed by atoms with Gasteiger partial charge in [0, 0.05) is 12.1 Å². The van der Waals surface area contributed by atoms with Crippen LogP contribution in [0.2, 0.25) is 10.0 Å². The Hall–Kier alpha value is -2.32. The van der Waals surface area contributed by atoms with Crippen LogP contribution in [0.15, 0.2) is 42.5 Å². The highest BCUT2D eigenvalue weighted by molar-refractivity contribution is 6.42. The van der Waals surface area contributed by atoms with Crippen molar-refractivity contribution in [1.82, 2.24) is 15.1 Å². The Morgan fingerprint density at radius 1 is 1.00 bits per heavy atom. The molecule has 33 heavy (non-hydrogen) atoms. The first-order valence-corrected chi connectivity index (χ1v) is 11.8. The van der Waals surface area contributed by atoms with Crippen LogP contribution in [-0.2, 0) is 4.79 Å². The van der Waals surface area contributed by atoms with Gasteiger partial charge in [-0.15, -0.1) is 0 Å². The monoisotopic (exact) mass is 491 g/mol. The number of piperidine rings is 1. The summed E-state index contributed by atoms with van der Waals surface area (Å²) in [6.45, 7) is 1.80. The fourth-order valence-corrected chi connectivity index (χ4v) is 5.07. The molecule has 2 fully saturated rings. The van der Waals surface area contributed by atoms with Crippen LogP contribution in [0.3, 0.4) is 0 Å². The smallest absolute Gasteiger partial charge is 0.251 e. The maximum absolute atomic E-state index is 12.7. The molecular formula is C24H27Cl2N3O4. The first-order valence-electron chi connectivity index (χ1n) is 11.1. The molecule has 2 aliphatic rings. The predicted octanol–water partition coefficient (Wildman–Crippen LogP) is 3.23. The van der Waals surface area contributed by atoms with E-state index in [0.29, 0.717) is 29.3 Å². The van der Waals surface area contributed by atoms with Gasteiger partial charge in [-0.1, -0.05) is 41.4 Å². The number of para-hydroxylation sites is 1.